The Morgan fingerprint density at radius 2 is 1.62 bits per heavy atom. The average Bonchev–Trinajstić information content (AvgIpc) is 3.03. The zero-order valence-electron chi connectivity index (χ0n) is 24.6. The molecule has 0 saturated heterocycles. The number of methoxy groups -OCH3 is 1. The van der Waals surface area contributed by atoms with Crippen LogP contribution >= 0.6 is 46.6 Å². The highest BCUT2D eigenvalue weighted by Gasteiger charge is 2.21. The minimum Gasteiger partial charge on any atom is -0.495 e. The molecular weight excluding hydrogens is 653 g/mol. The van der Waals surface area contributed by atoms with Crippen molar-refractivity contribution in [2.75, 3.05) is 17.7 Å². The lowest BCUT2D eigenvalue weighted by molar-refractivity contribution is -0.116. The first-order chi connectivity index (χ1) is 21.6. The summed E-state index contributed by atoms with van der Waals surface area (Å²) in [5, 5.41) is 9.12. The highest BCUT2D eigenvalue weighted by molar-refractivity contribution is 8.00. The smallest absolute Gasteiger partial charge is 0.272 e. The number of rotatable bonds is 11. The summed E-state index contributed by atoms with van der Waals surface area (Å²) in [6.07, 6.45) is 2.01. The van der Waals surface area contributed by atoms with Gasteiger partial charge in [-0.1, -0.05) is 78.1 Å². The second kappa shape index (κ2) is 15.9. The molecule has 0 fully saturated rings. The maximum Gasteiger partial charge on any atom is 0.272 e. The van der Waals surface area contributed by atoms with Gasteiger partial charge in [0.15, 0.2) is 0 Å². The molecule has 232 valence electrons. The number of amides is 3. The Morgan fingerprint density at radius 1 is 0.889 bits per heavy atom. The van der Waals surface area contributed by atoms with Crippen molar-refractivity contribution in [3.05, 3.63) is 122 Å². The molecule has 0 bridgehead atoms. The molecule has 0 aliphatic heterocycles. The third kappa shape index (κ3) is 9.05. The Labute approximate surface area is 281 Å². The number of nitrogens with one attached hydrogen (secondary N) is 3. The fourth-order valence-corrected chi connectivity index (χ4v) is 5.73. The third-order valence-corrected chi connectivity index (χ3v) is 9.18. The standard InChI is InChI=1S/C34H30Cl3N3O4S/c1-4-30(34(43)39-27-16-20(2)26(36)19-29(27)44-3)45-24-14-9-13-23(18-24)38-33(42)28(17-22-12-8-15-25(35)31(22)37)40-32(41)21-10-6-5-7-11-21/h5-19,30H,4H2,1-3H3,(H,38,42)(H,39,43)(H,40,41)/b28-17+. The molecule has 0 aliphatic rings. The molecule has 4 rings (SSSR count). The Hall–Kier alpha value is -3.95. The zero-order valence-corrected chi connectivity index (χ0v) is 27.7. The summed E-state index contributed by atoms with van der Waals surface area (Å²) in [6, 6.07) is 24.1. The number of carbonyl (C=O) groups is 3. The molecular formula is C34H30Cl3N3O4S. The maximum atomic E-state index is 13.5. The van der Waals surface area contributed by atoms with Crippen LogP contribution in [0, 0.1) is 6.92 Å². The van der Waals surface area contributed by atoms with Crippen molar-refractivity contribution in [1.29, 1.82) is 0 Å². The minimum atomic E-state index is -0.576. The Kier molecular flexibility index (Phi) is 12.0. The monoisotopic (exact) mass is 681 g/mol. The van der Waals surface area contributed by atoms with Gasteiger partial charge in [-0.05, 0) is 73.0 Å². The fraction of sp³-hybridized carbons (Fsp3) is 0.147. The van der Waals surface area contributed by atoms with E-state index in [1.165, 1.54) is 24.9 Å². The van der Waals surface area contributed by atoms with Gasteiger partial charge in [-0.3, -0.25) is 14.4 Å². The molecule has 0 aromatic heterocycles. The van der Waals surface area contributed by atoms with Crippen molar-refractivity contribution < 1.29 is 19.1 Å². The molecule has 0 aliphatic carbocycles. The summed E-state index contributed by atoms with van der Waals surface area (Å²) in [4.78, 5) is 40.5. The first-order valence-corrected chi connectivity index (χ1v) is 15.9. The Bertz CT molecular complexity index is 1750. The van der Waals surface area contributed by atoms with Crippen LogP contribution in [0.5, 0.6) is 5.75 Å². The van der Waals surface area contributed by atoms with E-state index in [4.69, 9.17) is 39.5 Å². The van der Waals surface area contributed by atoms with Crippen molar-refractivity contribution in [2.24, 2.45) is 0 Å². The first kappa shape index (κ1) is 33.9. The van der Waals surface area contributed by atoms with Crippen LogP contribution in [-0.4, -0.2) is 30.1 Å². The van der Waals surface area contributed by atoms with Gasteiger partial charge in [-0.25, -0.2) is 0 Å². The van der Waals surface area contributed by atoms with Gasteiger partial charge in [0.05, 0.1) is 28.1 Å². The van der Waals surface area contributed by atoms with Gasteiger partial charge >= 0.3 is 0 Å². The number of thioether (sulfide) groups is 1. The van der Waals surface area contributed by atoms with E-state index < -0.39 is 17.1 Å². The Balaban J connectivity index is 1.53. The van der Waals surface area contributed by atoms with Crippen LogP contribution < -0.4 is 20.7 Å². The van der Waals surface area contributed by atoms with E-state index in [0.717, 1.165) is 10.5 Å². The summed E-state index contributed by atoms with van der Waals surface area (Å²) in [7, 11) is 1.51. The van der Waals surface area contributed by atoms with Gasteiger partial charge in [-0.2, -0.15) is 0 Å². The number of carbonyl (C=O) groups excluding carboxylic acids is 3. The van der Waals surface area contributed by atoms with Crippen molar-refractivity contribution in [3.63, 3.8) is 0 Å². The second-order valence-corrected chi connectivity index (χ2v) is 12.3. The quantitative estimate of drug-likeness (QED) is 0.109. The van der Waals surface area contributed by atoms with E-state index >= 15 is 0 Å². The highest BCUT2D eigenvalue weighted by atomic mass is 35.5. The van der Waals surface area contributed by atoms with Gasteiger partial charge in [0.1, 0.15) is 11.4 Å². The van der Waals surface area contributed by atoms with E-state index in [9.17, 15) is 14.4 Å². The van der Waals surface area contributed by atoms with Crippen LogP contribution in [0.2, 0.25) is 15.1 Å². The van der Waals surface area contributed by atoms with E-state index in [1.807, 2.05) is 19.9 Å². The number of aryl methyl sites for hydroxylation is 1. The lowest BCUT2D eigenvalue weighted by Gasteiger charge is -2.18. The van der Waals surface area contributed by atoms with Gasteiger partial charge in [-0.15, -0.1) is 11.8 Å². The summed E-state index contributed by atoms with van der Waals surface area (Å²) in [5.74, 6) is -0.786. The topological polar surface area (TPSA) is 96.5 Å². The molecule has 0 spiro atoms. The Morgan fingerprint density at radius 3 is 2.33 bits per heavy atom. The van der Waals surface area contributed by atoms with Crippen molar-refractivity contribution in [2.45, 2.75) is 30.4 Å². The van der Waals surface area contributed by atoms with Crippen LogP contribution in [-0.2, 0) is 9.59 Å². The van der Waals surface area contributed by atoms with Crippen molar-refractivity contribution >= 4 is 81.7 Å². The summed E-state index contributed by atoms with van der Waals surface area (Å²) < 4.78 is 5.39. The summed E-state index contributed by atoms with van der Waals surface area (Å²) in [6.45, 7) is 3.77. The van der Waals surface area contributed by atoms with Crippen LogP contribution in [0.4, 0.5) is 11.4 Å². The predicted octanol–water partition coefficient (Wildman–Crippen LogP) is 8.88. The van der Waals surface area contributed by atoms with Crippen molar-refractivity contribution in [3.8, 4) is 5.75 Å². The van der Waals surface area contributed by atoms with E-state index in [0.29, 0.717) is 44.7 Å². The average molecular weight is 683 g/mol. The zero-order chi connectivity index (χ0) is 32.5. The minimum absolute atomic E-state index is 0.0379. The second-order valence-electron chi connectivity index (χ2n) is 9.81. The molecule has 7 nitrogen and oxygen atoms in total. The normalized spacial score (nSPS) is 11.8. The molecule has 11 heteroatoms. The van der Waals surface area contributed by atoms with Gasteiger partial charge in [0.2, 0.25) is 5.91 Å². The third-order valence-electron chi connectivity index (χ3n) is 6.58. The predicted molar refractivity (Wildman–Crippen MR) is 185 cm³/mol. The molecule has 3 amide bonds. The molecule has 0 heterocycles. The van der Waals surface area contributed by atoms with Crippen LogP contribution in [0.3, 0.4) is 0 Å². The number of halogens is 3. The first-order valence-electron chi connectivity index (χ1n) is 13.8. The largest absolute Gasteiger partial charge is 0.495 e. The fourth-order valence-electron chi connectivity index (χ4n) is 4.21. The number of hydrogen-bond donors (Lipinski definition) is 3. The molecule has 45 heavy (non-hydrogen) atoms. The highest BCUT2D eigenvalue weighted by Crippen LogP contribution is 2.33. The SMILES string of the molecule is CCC(Sc1cccc(NC(=O)/C(=C\c2cccc(Cl)c2Cl)NC(=O)c2ccccc2)c1)C(=O)Nc1cc(C)c(Cl)cc1OC. The summed E-state index contributed by atoms with van der Waals surface area (Å²) in [5.41, 5.74) is 2.60. The number of ether oxygens (including phenoxy) is 1. The molecule has 0 radical (unpaired) electrons. The van der Waals surface area contributed by atoms with Crippen LogP contribution in [0.25, 0.3) is 6.08 Å². The van der Waals surface area contributed by atoms with E-state index in [1.54, 1.807) is 78.9 Å². The number of hydrogen-bond acceptors (Lipinski definition) is 5. The van der Waals surface area contributed by atoms with E-state index in [2.05, 4.69) is 16.0 Å². The van der Waals surface area contributed by atoms with Crippen LogP contribution in [0.1, 0.15) is 34.8 Å². The van der Waals surface area contributed by atoms with Gasteiger partial charge in [0.25, 0.3) is 11.8 Å². The summed E-state index contributed by atoms with van der Waals surface area (Å²) >= 11 is 20.1. The maximum absolute atomic E-state index is 13.5. The molecule has 3 N–H and O–H groups in total. The molecule has 1 atom stereocenters. The van der Waals surface area contributed by atoms with Gasteiger partial charge < -0.3 is 20.7 Å². The van der Waals surface area contributed by atoms with Crippen molar-refractivity contribution in [1.82, 2.24) is 5.32 Å². The molecule has 1 unspecified atom stereocenters. The van der Waals surface area contributed by atoms with Crippen LogP contribution in [0.15, 0.2) is 95.5 Å². The number of benzene rings is 4. The molecule has 4 aromatic rings. The molecule has 4 aromatic carbocycles. The lowest BCUT2D eigenvalue weighted by Crippen LogP contribution is -2.30. The van der Waals surface area contributed by atoms with Gasteiger partial charge in [0, 0.05) is 27.2 Å². The van der Waals surface area contributed by atoms with E-state index in [-0.39, 0.29) is 16.6 Å². The lowest BCUT2D eigenvalue weighted by atomic mass is 10.1. The molecule has 0 saturated carbocycles. The number of anilines is 2.